The molecular formula is C18H30N2O4. The monoisotopic (exact) mass is 338 g/mol. The highest BCUT2D eigenvalue weighted by Gasteiger charge is 2.39. The minimum Gasteiger partial charge on any atom is -0.448 e. The van der Waals surface area contributed by atoms with Crippen molar-refractivity contribution in [3.63, 3.8) is 0 Å². The number of nitrogens with zero attached hydrogens (tertiary/aromatic N) is 2. The van der Waals surface area contributed by atoms with E-state index in [1.807, 2.05) is 13.8 Å². The SMILES string of the molecule is CCOC(=O)N1C(CC)=C(CC)C(CC)=C(CC)N1C(=O)OCC. The quantitative estimate of drug-likeness (QED) is 0.685. The van der Waals surface area contributed by atoms with Gasteiger partial charge in [0.15, 0.2) is 0 Å². The maximum atomic E-state index is 12.6. The van der Waals surface area contributed by atoms with E-state index in [0.717, 1.165) is 35.4 Å². The van der Waals surface area contributed by atoms with Gasteiger partial charge in [-0.3, -0.25) is 0 Å². The maximum absolute atomic E-state index is 12.6. The zero-order valence-corrected chi connectivity index (χ0v) is 15.8. The molecule has 0 radical (unpaired) electrons. The van der Waals surface area contributed by atoms with Crippen LogP contribution < -0.4 is 0 Å². The highest BCUT2D eigenvalue weighted by atomic mass is 16.6. The molecule has 136 valence electrons. The Balaban J connectivity index is 3.59. The van der Waals surface area contributed by atoms with Crippen LogP contribution in [0.3, 0.4) is 0 Å². The maximum Gasteiger partial charge on any atom is 0.433 e. The summed E-state index contributed by atoms with van der Waals surface area (Å²) in [6.07, 6.45) is 1.74. The third kappa shape index (κ3) is 3.74. The van der Waals surface area contributed by atoms with Gasteiger partial charge in [0.05, 0.1) is 24.6 Å². The van der Waals surface area contributed by atoms with Gasteiger partial charge < -0.3 is 9.47 Å². The fraction of sp³-hybridized carbons (Fsp3) is 0.667. The Labute approximate surface area is 145 Å². The van der Waals surface area contributed by atoms with Crippen LogP contribution in [0.1, 0.15) is 67.2 Å². The van der Waals surface area contributed by atoms with E-state index in [-0.39, 0.29) is 13.2 Å². The van der Waals surface area contributed by atoms with E-state index >= 15 is 0 Å². The molecule has 0 aromatic carbocycles. The second-order valence-electron chi connectivity index (χ2n) is 5.29. The van der Waals surface area contributed by atoms with Crippen LogP contribution in [-0.4, -0.2) is 35.4 Å². The van der Waals surface area contributed by atoms with Crippen molar-refractivity contribution >= 4 is 12.2 Å². The largest absolute Gasteiger partial charge is 0.448 e. The van der Waals surface area contributed by atoms with E-state index < -0.39 is 12.2 Å². The zero-order valence-electron chi connectivity index (χ0n) is 15.8. The van der Waals surface area contributed by atoms with Crippen LogP contribution in [0.2, 0.25) is 0 Å². The van der Waals surface area contributed by atoms with Crippen molar-refractivity contribution in [3.05, 3.63) is 22.5 Å². The number of carbonyl (C=O) groups excluding carboxylic acids is 2. The fourth-order valence-electron chi connectivity index (χ4n) is 3.16. The summed E-state index contributed by atoms with van der Waals surface area (Å²) in [5, 5.41) is 2.72. The standard InChI is InChI=1S/C18H30N2O4/c1-7-13-14(8-2)16(10-4)20(18(22)24-12-6)19(15(13)9-3)17(21)23-11-5/h7-12H2,1-6H3. The molecule has 0 N–H and O–H groups in total. The van der Waals surface area contributed by atoms with Gasteiger partial charge in [-0.2, -0.15) is 10.0 Å². The van der Waals surface area contributed by atoms with Crippen molar-refractivity contribution in [3.8, 4) is 0 Å². The first kappa shape index (κ1) is 20.1. The molecule has 0 saturated heterocycles. The Hall–Kier alpha value is -1.98. The molecule has 0 aromatic heterocycles. The van der Waals surface area contributed by atoms with E-state index in [9.17, 15) is 9.59 Å². The molecule has 1 rings (SSSR count). The average Bonchev–Trinajstić information content (AvgIpc) is 2.58. The van der Waals surface area contributed by atoms with E-state index in [2.05, 4.69) is 13.8 Å². The topological polar surface area (TPSA) is 59.1 Å². The number of rotatable bonds is 6. The molecule has 6 heteroatoms. The number of carbonyl (C=O) groups is 2. The summed E-state index contributed by atoms with van der Waals surface area (Å²) >= 11 is 0. The summed E-state index contributed by atoms with van der Waals surface area (Å²) in [4.78, 5) is 25.2. The molecule has 0 aromatic rings. The molecule has 0 atom stereocenters. The third-order valence-corrected chi connectivity index (χ3v) is 4.03. The molecule has 0 unspecified atom stereocenters. The van der Waals surface area contributed by atoms with Crippen LogP contribution in [0.4, 0.5) is 9.59 Å². The Bertz CT molecular complexity index is 489. The number of amides is 2. The first-order valence-electron chi connectivity index (χ1n) is 8.90. The van der Waals surface area contributed by atoms with Crippen LogP contribution in [0.5, 0.6) is 0 Å². The highest BCUT2D eigenvalue weighted by Crippen LogP contribution is 2.38. The van der Waals surface area contributed by atoms with E-state index in [4.69, 9.17) is 9.47 Å². The van der Waals surface area contributed by atoms with Gasteiger partial charge in [0.25, 0.3) is 0 Å². The lowest BCUT2D eigenvalue weighted by atomic mass is 9.92. The van der Waals surface area contributed by atoms with Gasteiger partial charge in [0.1, 0.15) is 0 Å². The highest BCUT2D eigenvalue weighted by molar-refractivity contribution is 5.79. The van der Waals surface area contributed by atoms with Crippen LogP contribution in [0, 0.1) is 0 Å². The minimum absolute atomic E-state index is 0.246. The van der Waals surface area contributed by atoms with Gasteiger partial charge in [-0.25, -0.2) is 9.59 Å². The molecule has 1 aliphatic rings. The van der Waals surface area contributed by atoms with E-state index in [1.165, 1.54) is 10.0 Å². The lowest BCUT2D eigenvalue weighted by Crippen LogP contribution is -2.51. The molecule has 1 aliphatic heterocycles. The summed E-state index contributed by atoms with van der Waals surface area (Å²) < 4.78 is 10.4. The normalized spacial score (nSPS) is 15.1. The lowest BCUT2D eigenvalue weighted by Gasteiger charge is -2.41. The van der Waals surface area contributed by atoms with Crippen molar-refractivity contribution in [2.24, 2.45) is 0 Å². The molecule has 2 amide bonds. The first-order valence-corrected chi connectivity index (χ1v) is 8.90. The Kier molecular flexibility index (Phi) is 7.82. The van der Waals surface area contributed by atoms with Crippen LogP contribution in [-0.2, 0) is 9.47 Å². The first-order chi connectivity index (χ1) is 11.5. The Morgan fingerprint density at radius 2 is 1.00 bits per heavy atom. The second kappa shape index (κ2) is 9.35. The van der Waals surface area contributed by atoms with Gasteiger partial charge in [0.2, 0.25) is 0 Å². The predicted molar refractivity (Wildman–Crippen MR) is 92.9 cm³/mol. The van der Waals surface area contributed by atoms with Gasteiger partial charge >= 0.3 is 12.2 Å². The predicted octanol–water partition coefficient (Wildman–Crippen LogP) is 4.98. The van der Waals surface area contributed by atoms with Crippen molar-refractivity contribution in [2.75, 3.05) is 13.2 Å². The average molecular weight is 338 g/mol. The van der Waals surface area contributed by atoms with Crippen molar-refractivity contribution in [1.29, 1.82) is 0 Å². The lowest BCUT2D eigenvalue weighted by molar-refractivity contribution is 0.0110. The second-order valence-corrected chi connectivity index (χ2v) is 5.29. The fourth-order valence-corrected chi connectivity index (χ4v) is 3.16. The minimum atomic E-state index is -0.547. The van der Waals surface area contributed by atoms with E-state index in [0.29, 0.717) is 12.8 Å². The van der Waals surface area contributed by atoms with Crippen molar-refractivity contribution in [2.45, 2.75) is 67.2 Å². The molecule has 0 aliphatic carbocycles. The summed E-state index contributed by atoms with van der Waals surface area (Å²) in [7, 11) is 0. The molecule has 0 spiro atoms. The van der Waals surface area contributed by atoms with Crippen molar-refractivity contribution < 1.29 is 19.1 Å². The number of hydrogen-bond donors (Lipinski definition) is 0. The summed E-state index contributed by atoms with van der Waals surface area (Å²) in [5.74, 6) is 0. The molecule has 0 saturated carbocycles. The molecular weight excluding hydrogens is 308 g/mol. The summed E-state index contributed by atoms with van der Waals surface area (Å²) in [6.45, 7) is 12.1. The van der Waals surface area contributed by atoms with Gasteiger partial charge in [-0.1, -0.05) is 27.7 Å². The van der Waals surface area contributed by atoms with Crippen molar-refractivity contribution in [1.82, 2.24) is 10.0 Å². The Morgan fingerprint density at radius 1 is 0.667 bits per heavy atom. The molecule has 1 heterocycles. The van der Waals surface area contributed by atoms with Crippen LogP contribution >= 0.6 is 0 Å². The molecule has 6 nitrogen and oxygen atoms in total. The molecule has 0 fully saturated rings. The van der Waals surface area contributed by atoms with Gasteiger partial charge in [-0.15, -0.1) is 0 Å². The smallest absolute Gasteiger partial charge is 0.433 e. The number of hydrogen-bond acceptors (Lipinski definition) is 4. The third-order valence-electron chi connectivity index (χ3n) is 4.03. The number of hydrazine groups is 1. The van der Waals surface area contributed by atoms with Gasteiger partial charge in [0, 0.05) is 0 Å². The zero-order chi connectivity index (χ0) is 18.3. The number of allylic oxidation sites excluding steroid dienone is 4. The summed E-state index contributed by atoms with van der Waals surface area (Å²) in [6, 6.07) is 0. The van der Waals surface area contributed by atoms with Crippen LogP contribution in [0.15, 0.2) is 22.5 Å². The molecule has 24 heavy (non-hydrogen) atoms. The van der Waals surface area contributed by atoms with Gasteiger partial charge in [-0.05, 0) is 50.7 Å². The summed E-state index contributed by atoms with van der Waals surface area (Å²) in [5.41, 5.74) is 3.84. The Morgan fingerprint density at radius 3 is 1.21 bits per heavy atom. The van der Waals surface area contributed by atoms with Crippen LogP contribution in [0.25, 0.3) is 0 Å². The number of ether oxygens (including phenoxy) is 2. The molecule has 0 bridgehead atoms. The van der Waals surface area contributed by atoms with E-state index in [1.54, 1.807) is 13.8 Å².